The van der Waals surface area contributed by atoms with Crippen LogP contribution in [0.5, 0.6) is 0 Å². The van der Waals surface area contributed by atoms with Gasteiger partial charge >= 0.3 is 37.7 Å². The van der Waals surface area contributed by atoms with E-state index in [2.05, 4.69) is 0 Å². The van der Waals surface area contributed by atoms with Crippen LogP contribution in [-0.2, 0) is 0 Å². The van der Waals surface area contributed by atoms with Crippen molar-refractivity contribution in [3.05, 3.63) is 59.9 Å². The Kier molecular flexibility index (Phi) is 11.4. The van der Waals surface area contributed by atoms with Gasteiger partial charge in [0.25, 0.3) is 0 Å². The van der Waals surface area contributed by atoms with E-state index >= 15 is 0 Å². The van der Waals surface area contributed by atoms with E-state index in [0.717, 1.165) is 6.07 Å². The van der Waals surface area contributed by atoms with Gasteiger partial charge in [0.05, 0.1) is 24.3 Å². The van der Waals surface area contributed by atoms with E-state index in [1.54, 1.807) is 0 Å². The molecular weight excluding hydrogens is 278 g/mol. The van der Waals surface area contributed by atoms with Crippen LogP contribution in [0.1, 0.15) is 20.7 Å². The summed E-state index contributed by atoms with van der Waals surface area (Å²) in [6.45, 7) is 0. The van der Waals surface area contributed by atoms with Gasteiger partial charge < -0.3 is 25.3 Å². The summed E-state index contributed by atoms with van der Waals surface area (Å²) in [5, 5.41) is 22.5. The summed E-state index contributed by atoms with van der Waals surface area (Å²) in [7, 11) is 0. The molecule has 2 rings (SSSR count). The van der Waals surface area contributed by atoms with E-state index < -0.39 is 11.9 Å². The zero-order valence-electron chi connectivity index (χ0n) is 9.98. The molecule has 1 heterocycles. The minimum Gasteiger partial charge on any atom is -0.870 e. The first-order chi connectivity index (χ1) is 8.11. The van der Waals surface area contributed by atoms with Crippen LogP contribution in [0.15, 0.2) is 48.8 Å². The summed E-state index contributed by atoms with van der Waals surface area (Å²) in [5.41, 5.74) is -0.339. The fourth-order valence-corrected chi connectivity index (χ4v) is 1.09. The van der Waals surface area contributed by atoms with Gasteiger partial charge in [-0.3, -0.25) is 5.32 Å². The van der Waals surface area contributed by atoms with Crippen molar-refractivity contribution in [2.75, 3.05) is 0 Å². The first-order valence-corrected chi connectivity index (χ1v) is 4.80. The largest absolute Gasteiger partial charge is 2.00 e. The molecule has 0 spiro atoms. The van der Waals surface area contributed by atoms with Gasteiger partial charge in [-0.1, -0.05) is 18.2 Å². The molecule has 1 aliphatic rings. The molecule has 0 unspecified atom stereocenters. The van der Waals surface area contributed by atoms with Crippen LogP contribution in [0.2, 0.25) is 0 Å². The van der Waals surface area contributed by atoms with E-state index in [1.165, 1.54) is 18.2 Å². The SMILES string of the molecule is C1=C[NH2+]C=C1.O=C([O-])c1cccc(C(=O)[O-])c1.[Ca+2].[OH-]. The minimum atomic E-state index is -1.40. The third kappa shape index (κ3) is 7.76. The van der Waals surface area contributed by atoms with E-state index in [-0.39, 0.29) is 54.3 Å². The standard InChI is InChI=1S/C8H6O4.C4H5N.Ca.H2O/c9-7(10)5-2-1-3-6(4-5)8(11)12;1-2-4-5-3-1;;/h1-4H,(H,9,10)(H,11,12);1-5H;;1H2/q;;+2;/p-2. The normalized spacial score (nSPS) is 10.5. The fraction of sp³-hybridized carbons (Fsp3) is 0. The average Bonchev–Trinajstić information content (AvgIpc) is 2.87. The molecule has 0 radical (unpaired) electrons. The van der Waals surface area contributed by atoms with Crippen molar-refractivity contribution in [3.8, 4) is 0 Å². The van der Waals surface area contributed by atoms with Crippen molar-refractivity contribution >= 4 is 49.7 Å². The van der Waals surface area contributed by atoms with Crippen molar-refractivity contribution in [1.82, 2.24) is 0 Å². The molecule has 1 aliphatic heterocycles. The van der Waals surface area contributed by atoms with Gasteiger partial charge in [0, 0.05) is 0 Å². The van der Waals surface area contributed by atoms with E-state index in [4.69, 9.17) is 0 Å². The fourth-order valence-electron chi connectivity index (χ4n) is 1.09. The molecule has 0 amide bonds. The number of benzene rings is 1. The molecule has 0 aliphatic carbocycles. The maximum absolute atomic E-state index is 10.3. The number of carboxylic acid groups (broad SMARTS) is 2. The number of hydrogen-bond acceptors (Lipinski definition) is 5. The Morgan fingerprint density at radius 2 is 1.37 bits per heavy atom. The van der Waals surface area contributed by atoms with Crippen LogP contribution < -0.4 is 15.5 Å². The molecule has 1 aromatic carbocycles. The second-order valence-electron chi connectivity index (χ2n) is 3.12. The molecule has 0 saturated carbocycles. The van der Waals surface area contributed by atoms with Gasteiger partial charge in [0.15, 0.2) is 0 Å². The maximum Gasteiger partial charge on any atom is 2.00 e. The summed E-state index contributed by atoms with van der Waals surface area (Å²) >= 11 is 0. The molecule has 3 N–H and O–H groups in total. The van der Waals surface area contributed by atoms with E-state index in [9.17, 15) is 19.8 Å². The Bertz CT molecular complexity index is 446. The topological polar surface area (TPSA) is 127 Å². The van der Waals surface area contributed by atoms with Crippen molar-refractivity contribution in [2.45, 2.75) is 0 Å². The second-order valence-corrected chi connectivity index (χ2v) is 3.12. The molecule has 6 nitrogen and oxygen atoms in total. The zero-order valence-corrected chi connectivity index (χ0v) is 12.2. The molecule has 0 atom stereocenters. The number of allylic oxidation sites excluding steroid dienone is 2. The van der Waals surface area contributed by atoms with Crippen LogP contribution in [0.25, 0.3) is 0 Å². The Balaban J connectivity index is 0. The Morgan fingerprint density at radius 3 is 1.63 bits per heavy atom. The van der Waals surface area contributed by atoms with Crippen molar-refractivity contribution < 1.29 is 30.6 Å². The summed E-state index contributed by atoms with van der Waals surface area (Å²) in [6.07, 6.45) is 8.00. The molecule has 0 aromatic heterocycles. The predicted octanol–water partition coefficient (Wildman–Crippen LogP) is -2.55. The van der Waals surface area contributed by atoms with Gasteiger partial charge in [-0.05, 0) is 29.3 Å². The Morgan fingerprint density at radius 1 is 0.947 bits per heavy atom. The second kappa shape index (κ2) is 10.7. The monoisotopic (exact) mass is 289 g/mol. The van der Waals surface area contributed by atoms with Crippen LogP contribution in [0.3, 0.4) is 0 Å². The molecular formula is C12H11CaNO5. The van der Waals surface area contributed by atoms with Gasteiger partial charge in [0.2, 0.25) is 0 Å². The minimum absolute atomic E-state index is 0. The molecule has 0 bridgehead atoms. The molecule has 96 valence electrons. The predicted molar refractivity (Wildman–Crippen MR) is 63.0 cm³/mol. The molecule has 7 heteroatoms. The van der Waals surface area contributed by atoms with Crippen LogP contribution in [-0.4, -0.2) is 55.2 Å². The smallest absolute Gasteiger partial charge is 0.870 e. The number of carbonyl (C=O) groups excluding carboxylic acids is 2. The Labute approximate surface area is 139 Å². The van der Waals surface area contributed by atoms with E-state index in [1.807, 2.05) is 29.9 Å². The van der Waals surface area contributed by atoms with Crippen LogP contribution in [0, 0.1) is 0 Å². The molecule has 1 aromatic rings. The number of hydrogen-bond donors (Lipinski definition) is 1. The summed E-state index contributed by atoms with van der Waals surface area (Å²) in [4.78, 5) is 20.5. The number of rotatable bonds is 2. The third-order valence-electron chi connectivity index (χ3n) is 1.89. The molecule has 19 heavy (non-hydrogen) atoms. The van der Waals surface area contributed by atoms with Crippen LogP contribution in [0.4, 0.5) is 0 Å². The summed E-state index contributed by atoms with van der Waals surface area (Å²) < 4.78 is 0. The quantitative estimate of drug-likeness (QED) is 0.599. The maximum atomic E-state index is 10.3. The average molecular weight is 289 g/mol. The zero-order chi connectivity index (χ0) is 12.7. The third-order valence-corrected chi connectivity index (χ3v) is 1.89. The van der Waals surface area contributed by atoms with Crippen LogP contribution >= 0.6 is 0 Å². The van der Waals surface area contributed by atoms with Gasteiger partial charge in [-0.15, -0.1) is 0 Å². The number of aromatic carboxylic acids is 2. The van der Waals surface area contributed by atoms with Gasteiger partial charge in [-0.2, -0.15) is 0 Å². The first kappa shape index (κ1) is 20.1. The van der Waals surface area contributed by atoms with Crippen molar-refractivity contribution in [1.29, 1.82) is 0 Å². The number of carbonyl (C=O) groups is 2. The van der Waals surface area contributed by atoms with Gasteiger partial charge in [0.1, 0.15) is 0 Å². The van der Waals surface area contributed by atoms with E-state index in [0.29, 0.717) is 0 Å². The summed E-state index contributed by atoms with van der Waals surface area (Å²) in [6, 6.07) is 4.81. The van der Waals surface area contributed by atoms with Crippen molar-refractivity contribution in [2.24, 2.45) is 0 Å². The number of quaternary nitrogens is 1. The summed E-state index contributed by atoms with van der Waals surface area (Å²) in [5.74, 6) is -2.81. The number of carboxylic acids is 2. The van der Waals surface area contributed by atoms with Gasteiger partial charge in [-0.25, -0.2) is 0 Å². The number of nitrogens with two attached hydrogens (primary N) is 1. The molecule has 0 saturated heterocycles. The van der Waals surface area contributed by atoms with Crippen molar-refractivity contribution in [3.63, 3.8) is 0 Å². The molecule has 0 fully saturated rings. The Hall–Kier alpha value is -1.18. The first-order valence-electron chi connectivity index (χ1n) is 4.80.